The van der Waals surface area contributed by atoms with E-state index in [4.69, 9.17) is 5.73 Å². The second kappa shape index (κ2) is 4.09. The minimum absolute atomic E-state index is 0. The lowest BCUT2D eigenvalue weighted by atomic mass is 10.1. The van der Waals surface area contributed by atoms with Gasteiger partial charge in [0.2, 0.25) is 0 Å². The summed E-state index contributed by atoms with van der Waals surface area (Å²) in [5.74, 6) is -1.32. The van der Waals surface area contributed by atoms with Gasteiger partial charge in [0.1, 0.15) is 17.9 Å². The van der Waals surface area contributed by atoms with Gasteiger partial charge in [-0.3, -0.25) is 0 Å². The van der Waals surface area contributed by atoms with Crippen molar-refractivity contribution >= 4 is 6.29 Å². The smallest absolute Gasteiger partial charge is 0.137 e. The molecule has 0 fully saturated rings. The topological polar surface area (TPSA) is 43.1 Å². The Morgan fingerprint density at radius 1 is 1.38 bits per heavy atom. The number of carbonyl (C=O) groups excluding carboxylic acids is 1. The fraction of sp³-hybridized carbons (Fsp3) is 0.222. The number of aldehydes is 1. The van der Waals surface area contributed by atoms with Crippen LogP contribution in [0, 0.1) is 11.6 Å². The van der Waals surface area contributed by atoms with E-state index in [1.54, 1.807) is 0 Å². The number of nitrogens with two attached hydrogens (primary N) is 1. The Kier molecular flexibility index (Phi) is 3.08. The summed E-state index contributed by atoms with van der Waals surface area (Å²) in [4.78, 5) is 10.2. The van der Waals surface area contributed by atoms with E-state index in [-0.39, 0.29) is 7.85 Å². The van der Waals surface area contributed by atoms with Crippen LogP contribution in [0.25, 0.3) is 0 Å². The molecular weight excluding hydrogens is 176 g/mol. The van der Waals surface area contributed by atoms with Crippen molar-refractivity contribution in [3.63, 3.8) is 0 Å². The molecule has 0 aliphatic carbocycles. The first-order valence-corrected chi connectivity index (χ1v) is 3.77. The summed E-state index contributed by atoms with van der Waals surface area (Å²) in [6, 6.07) is 2.38. The van der Waals surface area contributed by atoms with Gasteiger partial charge in [-0.25, -0.2) is 8.78 Å². The minimum Gasteiger partial charge on any atom is -0.321 e. The molecule has 2 nitrogen and oxygen atoms in total. The van der Waals surface area contributed by atoms with Crippen LogP contribution < -0.4 is 5.73 Å². The standard InChI is InChI=1S/C9H9F2NO.H2/c10-7-1-6(2-8(11)4-7)3-9(12)5-13;/h1-2,4-5,9H,3,12H2;1H/t9-;/m0./s1. The molecule has 0 aliphatic heterocycles. The molecule has 0 aromatic heterocycles. The highest BCUT2D eigenvalue weighted by atomic mass is 19.1. The van der Waals surface area contributed by atoms with E-state index < -0.39 is 17.7 Å². The predicted octanol–water partition coefficient (Wildman–Crippen LogP) is 1.28. The Hall–Kier alpha value is -1.29. The molecule has 4 heteroatoms. The van der Waals surface area contributed by atoms with Crippen LogP contribution in [0.2, 0.25) is 0 Å². The van der Waals surface area contributed by atoms with Crippen LogP contribution in [-0.2, 0) is 11.2 Å². The van der Waals surface area contributed by atoms with Gasteiger partial charge < -0.3 is 10.5 Å². The first-order chi connectivity index (χ1) is 6.11. The monoisotopic (exact) mass is 187 g/mol. The lowest BCUT2D eigenvalue weighted by molar-refractivity contribution is -0.108. The van der Waals surface area contributed by atoms with E-state index in [0.717, 1.165) is 18.2 Å². The average molecular weight is 187 g/mol. The number of hydrogen-bond donors (Lipinski definition) is 1. The van der Waals surface area contributed by atoms with Crippen molar-refractivity contribution in [3.05, 3.63) is 35.4 Å². The van der Waals surface area contributed by atoms with Gasteiger partial charge in [-0.2, -0.15) is 0 Å². The van der Waals surface area contributed by atoms with Crippen LogP contribution in [0.15, 0.2) is 18.2 Å². The summed E-state index contributed by atoms with van der Waals surface area (Å²) in [5.41, 5.74) is 5.68. The molecule has 1 aromatic rings. The second-order valence-corrected chi connectivity index (χ2v) is 2.78. The zero-order valence-electron chi connectivity index (χ0n) is 6.84. The van der Waals surface area contributed by atoms with Gasteiger partial charge in [0.05, 0.1) is 6.04 Å². The largest absolute Gasteiger partial charge is 0.321 e. The number of rotatable bonds is 3. The summed E-state index contributed by atoms with van der Waals surface area (Å²) >= 11 is 0. The first kappa shape index (κ1) is 9.80. The van der Waals surface area contributed by atoms with Gasteiger partial charge in [-0.1, -0.05) is 0 Å². The molecule has 0 aliphatic rings. The average Bonchev–Trinajstić information content (AvgIpc) is 2.02. The van der Waals surface area contributed by atoms with Crippen molar-refractivity contribution in [2.75, 3.05) is 0 Å². The van der Waals surface area contributed by atoms with Gasteiger partial charge >= 0.3 is 0 Å². The molecule has 0 saturated heterocycles. The SMILES string of the molecule is N[C@H](C=O)Cc1cc(F)cc(F)c1.[HH]. The lowest BCUT2D eigenvalue weighted by Gasteiger charge is -2.03. The van der Waals surface area contributed by atoms with Crippen molar-refractivity contribution in [1.29, 1.82) is 0 Å². The normalized spacial score (nSPS) is 12.5. The second-order valence-electron chi connectivity index (χ2n) is 2.78. The minimum atomic E-state index is -0.707. The Morgan fingerprint density at radius 3 is 2.38 bits per heavy atom. The van der Waals surface area contributed by atoms with Gasteiger partial charge in [-0.15, -0.1) is 0 Å². The molecule has 2 N–H and O–H groups in total. The van der Waals surface area contributed by atoms with E-state index in [1.807, 2.05) is 0 Å². The number of halogens is 2. The van der Waals surface area contributed by atoms with E-state index in [2.05, 4.69) is 0 Å². The Bertz CT molecular complexity index is 299. The molecule has 0 amide bonds. The molecule has 72 valence electrons. The van der Waals surface area contributed by atoms with Crippen molar-refractivity contribution in [2.24, 2.45) is 5.73 Å². The van der Waals surface area contributed by atoms with Crippen LogP contribution >= 0.6 is 0 Å². The maximum absolute atomic E-state index is 12.6. The molecule has 13 heavy (non-hydrogen) atoms. The lowest BCUT2D eigenvalue weighted by Crippen LogP contribution is -2.24. The van der Waals surface area contributed by atoms with Gasteiger partial charge in [-0.05, 0) is 24.1 Å². The third kappa shape index (κ3) is 2.91. The van der Waals surface area contributed by atoms with Crippen LogP contribution in [0.3, 0.4) is 0 Å². The molecule has 1 aromatic carbocycles. The third-order valence-electron chi connectivity index (χ3n) is 1.57. The summed E-state index contributed by atoms with van der Waals surface area (Å²) in [6.45, 7) is 0. The highest BCUT2D eigenvalue weighted by Gasteiger charge is 2.05. The molecule has 0 saturated carbocycles. The summed E-state index contributed by atoms with van der Waals surface area (Å²) in [6.07, 6.45) is 0.695. The summed E-state index contributed by atoms with van der Waals surface area (Å²) in [7, 11) is 0. The van der Waals surface area contributed by atoms with E-state index >= 15 is 0 Å². The van der Waals surface area contributed by atoms with Crippen LogP contribution in [0.1, 0.15) is 6.99 Å². The molecule has 1 atom stereocenters. The predicted molar refractivity (Wildman–Crippen MR) is 46.2 cm³/mol. The van der Waals surface area contributed by atoms with E-state index in [0.29, 0.717) is 11.8 Å². The first-order valence-electron chi connectivity index (χ1n) is 3.77. The maximum atomic E-state index is 12.6. The van der Waals surface area contributed by atoms with E-state index in [9.17, 15) is 13.6 Å². The van der Waals surface area contributed by atoms with Crippen LogP contribution in [0.4, 0.5) is 8.78 Å². The number of hydrogen-bond acceptors (Lipinski definition) is 2. The molecular formula is C9H11F2NO. The number of carbonyl (C=O) groups is 1. The van der Waals surface area contributed by atoms with E-state index in [1.165, 1.54) is 0 Å². The van der Waals surface area contributed by atoms with Crippen LogP contribution in [0.5, 0.6) is 0 Å². The third-order valence-corrected chi connectivity index (χ3v) is 1.57. The quantitative estimate of drug-likeness (QED) is 0.724. The molecule has 0 bridgehead atoms. The molecule has 1 rings (SSSR count). The summed E-state index contributed by atoms with van der Waals surface area (Å²) in [5, 5.41) is 0. The zero-order chi connectivity index (χ0) is 9.84. The highest BCUT2D eigenvalue weighted by Crippen LogP contribution is 2.08. The molecule has 0 spiro atoms. The summed E-state index contributed by atoms with van der Waals surface area (Å²) < 4.78 is 25.2. The fourth-order valence-electron chi connectivity index (χ4n) is 1.05. The Labute approximate surface area is 75.8 Å². The fourth-order valence-corrected chi connectivity index (χ4v) is 1.05. The van der Waals surface area contributed by atoms with Gasteiger partial charge in [0.25, 0.3) is 0 Å². The Morgan fingerprint density at radius 2 is 1.92 bits per heavy atom. The molecule has 0 unspecified atom stereocenters. The van der Waals surface area contributed by atoms with Crippen LogP contribution in [-0.4, -0.2) is 12.3 Å². The number of benzene rings is 1. The Balaban J connectivity index is 0.00000169. The van der Waals surface area contributed by atoms with Gasteiger partial charge in [0.15, 0.2) is 0 Å². The van der Waals surface area contributed by atoms with Crippen molar-refractivity contribution in [1.82, 2.24) is 0 Å². The van der Waals surface area contributed by atoms with Crippen molar-refractivity contribution in [2.45, 2.75) is 12.5 Å². The highest BCUT2D eigenvalue weighted by molar-refractivity contribution is 5.57. The van der Waals surface area contributed by atoms with Crippen molar-refractivity contribution in [3.8, 4) is 0 Å². The molecule has 0 heterocycles. The van der Waals surface area contributed by atoms with Crippen molar-refractivity contribution < 1.29 is 15.0 Å². The zero-order valence-corrected chi connectivity index (χ0v) is 6.84. The molecule has 0 radical (unpaired) electrons. The van der Waals surface area contributed by atoms with Gasteiger partial charge in [0, 0.05) is 7.49 Å². The maximum Gasteiger partial charge on any atom is 0.137 e.